The van der Waals surface area contributed by atoms with Gasteiger partial charge in [0, 0.05) is 30.3 Å². The summed E-state index contributed by atoms with van der Waals surface area (Å²) in [6, 6.07) is 14.8. The molecule has 0 saturated heterocycles. The molecule has 0 aromatic heterocycles. The van der Waals surface area contributed by atoms with E-state index in [1.807, 2.05) is 19.1 Å². The molecular formula is C18H23ClN2. The molecule has 0 amide bonds. The summed E-state index contributed by atoms with van der Waals surface area (Å²) in [7, 11) is 2.11. The van der Waals surface area contributed by atoms with Crippen molar-refractivity contribution in [2.75, 3.05) is 11.9 Å². The highest BCUT2D eigenvalue weighted by Crippen LogP contribution is 2.26. The zero-order valence-electron chi connectivity index (χ0n) is 12.9. The Morgan fingerprint density at radius 3 is 2.62 bits per heavy atom. The average Bonchev–Trinajstić information content (AvgIpc) is 2.37. The van der Waals surface area contributed by atoms with E-state index in [9.17, 15) is 0 Å². The minimum absolute atomic E-state index is 0.120. The Hall–Kier alpha value is -1.51. The number of nitrogens with two attached hydrogens (primary N) is 1. The van der Waals surface area contributed by atoms with Crippen LogP contribution < -0.4 is 10.6 Å². The number of nitrogens with zero attached hydrogens (tertiary/aromatic N) is 1. The van der Waals surface area contributed by atoms with Crippen LogP contribution in [0.25, 0.3) is 0 Å². The molecule has 1 atom stereocenters. The molecule has 2 nitrogen and oxygen atoms in total. The third-order valence-electron chi connectivity index (χ3n) is 3.50. The van der Waals surface area contributed by atoms with E-state index in [1.165, 1.54) is 22.4 Å². The van der Waals surface area contributed by atoms with Crippen molar-refractivity contribution in [1.82, 2.24) is 0 Å². The maximum absolute atomic E-state index is 6.13. The van der Waals surface area contributed by atoms with E-state index >= 15 is 0 Å². The first-order chi connectivity index (χ1) is 9.95. The monoisotopic (exact) mass is 302 g/mol. The van der Waals surface area contributed by atoms with Crippen LogP contribution in [-0.4, -0.2) is 13.1 Å². The second-order valence-electron chi connectivity index (χ2n) is 5.80. The van der Waals surface area contributed by atoms with Crippen LogP contribution in [0.4, 0.5) is 5.69 Å². The molecule has 3 heteroatoms. The predicted octanol–water partition coefficient (Wildman–Crippen LogP) is 4.17. The second-order valence-corrected chi connectivity index (χ2v) is 6.24. The minimum Gasteiger partial charge on any atom is -0.370 e. The largest absolute Gasteiger partial charge is 0.370 e. The molecular weight excluding hydrogens is 280 g/mol. The number of anilines is 1. The molecule has 112 valence electrons. The van der Waals surface area contributed by atoms with Crippen LogP contribution in [0.15, 0.2) is 42.5 Å². The van der Waals surface area contributed by atoms with Crippen LogP contribution in [0.3, 0.4) is 0 Å². The summed E-state index contributed by atoms with van der Waals surface area (Å²) in [4.78, 5) is 2.25. The summed E-state index contributed by atoms with van der Waals surface area (Å²) in [5, 5.41) is 0.762. The number of benzene rings is 2. The third kappa shape index (κ3) is 4.48. The summed E-state index contributed by atoms with van der Waals surface area (Å²) in [6.45, 7) is 5.01. The highest BCUT2D eigenvalue weighted by atomic mass is 35.5. The van der Waals surface area contributed by atoms with E-state index in [2.05, 4.69) is 49.2 Å². The summed E-state index contributed by atoms with van der Waals surface area (Å²) in [5.41, 5.74) is 10.9. The van der Waals surface area contributed by atoms with Crippen molar-refractivity contribution in [1.29, 1.82) is 0 Å². The maximum Gasteiger partial charge on any atom is 0.0426 e. The van der Waals surface area contributed by atoms with E-state index in [0.717, 1.165) is 18.0 Å². The van der Waals surface area contributed by atoms with Gasteiger partial charge in [-0.3, -0.25) is 0 Å². The topological polar surface area (TPSA) is 29.3 Å². The van der Waals surface area contributed by atoms with Gasteiger partial charge in [0.05, 0.1) is 0 Å². The Morgan fingerprint density at radius 1 is 1.19 bits per heavy atom. The van der Waals surface area contributed by atoms with Crippen LogP contribution >= 0.6 is 11.6 Å². The fraction of sp³-hybridized carbons (Fsp3) is 0.333. The van der Waals surface area contributed by atoms with Crippen molar-refractivity contribution >= 4 is 17.3 Å². The van der Waals surface area contributed by atoms with Gasteiger partial charge in [0.2, 0.25) is 0 Å². The molecule has 1 unspecified atom stereocenters. The number of rotatable bonds is 5. The van der Waals surface area contributed by atoms with Crippen LogP contribution in [0.1, 0.15) is 23.6 Å². The van der Waals surface area contributed by atoms with Crippen molar-refractivity contribution < 1.29 is 0 Å². The molecule has 2 aromatic rings. The van der Waals surface area contributed by atoms with Gasteiger partial charge in [-0.2, -0.15) is 0 Å². The van der Waals surface area contributed by atoms with Gasteiger partial charge in [-0.25, -0.2) is 0 Å². The molecule has 0 radical (unpaired) electrons. The molecule has 2 aromatic carbocycles. The van der Waals surface area contributed by atoms with E-state index in [4.69, 9.17) is 17.3 Å². The quantitative estimate of drug-likeness (QED) is 0.898. The van der Waals surface area contributed by atoms with Crippen molar-refractivity contribution in [3.8, 4) is 0 Å². The first-order valence-corrected chi connectivity index (χ1v) is 7.64. The molecule has 0 aliphatic carbocycles. The van der Waals surface area contributed by atoms with Crippen LogP contribution in [0.2, 0.25) is 5.02 Å². The average molecular weight is 303 g/mol. The van der Waals surface area contributed by atoms with E-state index in [0.29, 0.717) is 0 Å². The molecule has 0 bridgehead atoms. The van der Waals surface area contributed by atoms with Gasteiger partial charge in [0.15, 0.2) is 0 Å². The van der Waals surface area contributed by atoms with Crippen molar-refractivity contribution in [2.24, 2.45) is 5.73 Å². The second kappa shape index (κ2) is 6.97. The van der Waals surface area contributed by atoms with E-state index < -0.39 is 0 Å². The standard InChI is InChI=1S/C18H23ClN2/c1-13-5-4-6-15(9-13)12-21(3)18-8-7-17(19)11-16(18)10-14(2)20/h4-9,11,14H,10,12,20H2,1-3H3. The maximum atomic E-state index is 6.13. The van der Waals surface area contributed by atoms with Crippen LogP contribution in [-0.2, 0) is 13.0 Å². The first-order valence-electron chi connectivity index (χ1n) is 7.26. The van der Waals surface area contributed by atoms with E-state index in [-0.39, 0.29) is 6.04 Å². The van der Waals surface area contributed by atoms with Crippen LogP contribution in [0, 0.1) is 6.92 Å². The number of hydrogen-bond donors (Lipinski definition) is 1. The Kier molecular flexibility index (Phi) is 5.27. The molecule has 2 rings (SSSR count). The summed E-state index contributed by atoms with van der Waals surface area (Å²) in [6.07, 6.45) is 0.827. The van der Waals surface area contributed by atoms with Crippen molar-refractivity contribution in [2.45, 2.75) is 32.9 Å². The number of hydrogen-bond acceptors (Lipinski definition) is 2. The molecule has 0 saturated carbocycles. The first kappa shape index (κ1) is 15.9. The lowest BCUT2D eigenvalue weighted by Crippen LogP contribution is -2.22. The lowest BCUT2D eigenvalue weighted by atomic mass is 10.0. The van der Waals surface area contributed by atoms with Crippen LogP contribution in [0.5, 0.6) is 0 Å². The smallest absolute Gasteiger partial charge is 0.0426 e. The molecule has 21 heavy (non-hydrogen) atoms. The van der Waals surface area contributed by atoms with Gasteiger partial charge >= 0.3 is 0 Å². The molecule has 0 aliphatic rings. The Morgan fingerprint density at radius 2 is 1.95 bits per heavy atom. The molecule has 0 heterocycles. The lowest BCUT2D eigenvalue weighted by molar-refractivity contribution is 0.734. The Bertz CT molecular complexity index is 608. The SMILES string of the molecule is Cc1cccc(CN(C)c2ccc(Cl)cc2CC(C)N)c1. The zero-order valence-corrected chi connectivity index (χ0v) is 13.7. The van der Waals surface area contributed by atoms with Crippen molar-refractivity contribution in [3.05, 3.63) is 64.2 Å². The lowest BCUT2D eigenvalue weighted by Gasteiger charge is -2.24. The summed E-state index contributed by atoms with van der Waals surface area (Å²) >= 11 is 6.13. The van der Waals surface area contributed by atoms with E-state index in [1.54, 1.807) is 0 Å². The fourth-order valence-corrected chi connectivity index (χ4v) is 2.80. The third-order valence-corrected chi connectivity index (χ3v) is 3.73. The summed E-state index contributed by atoms with van der Waals surface area (Å²) in [5.74, 6) is 0. The summed E-state index contributed by atoms with van der Waals surface area (Å²) < 4.78 is 0. The fourth-order valence-electron chi connectivity index (χ4n) is 2.61. The number of halogens is 1. The highest BCUT2D eigenvalue weighted by Gasteiger charge is 2.10. The predicted molar refractivity (Wildman–Crippen MR) is 92.1 cm³/mol. The van der Waals surface area contributed by atoms with Gasteiger partial charge in [0.25, 0.3) is 0 Å². The Labute approximate surface area is 132 Å². The van der Waals surface area contributed by atoms with Gasteiger partial charge in [-0.05, 0) is 49.6 Å². The minimum atomic E-state index is 0.120. The van der Waals surface area contributed by atoms with Crippen molar-refractivity contribution in [3.63, 3.8) is 0 Å². The zero-order chi connectivity index (χ0) is 15.4. The molecule has 0 aliphatic heterocycles. The van der Waals surface area contributed by atoms with Gasteiger partial charge in [-0.15, -0.1) is 0 Å². The normalized spacial score (nSPS) is 12.2. The molecule has 0 spiro atoms. The van der Waals surface area contributed by atoms with Gasteiger partial charge < -0.3 is 10.6 Å². The molecule has 2 N–H and O–H groups in total. The number of aryl methyl sites for hydroxylation is 1. The highest BCUT2D eigenvalue weighted by molar-refractivity contribution is 6.30. The molecule has 0 fully saturated rings. The van der Waals surface area contributed by atoms with Gasteiger partial charge in [0.1, 0.15) is 0 Å². The Balaban J connectivity index is 2.23. The van der Waals surface area contributed by atoms with Gasteiger partial charge in [-0.1, -0.05) is 41.4 Å².